The van der Waals surface area contributed by atoms with E-state index in [2.05, 4.69) is 10.3 Å². The second-order valence-electron chi connectivity index (χ2n) is 6.50. The number of benzene rings is 1. The fourth-order valence-corrected chi connectivity index (χ4v) is 3.22. The summed E-state index contributed by atoms with van der Waals surface area (Å²) in [6, 6.07) is 15.3. The molecule has 0 spiro atoms. The lowest BCUT2D eigenvalue weighted by Crippen LogP contribution is -2.29. The highest BCUT2D eigenvalue weighted by Gasteiger charge is 2.30. The van der Waals surface area contributed by atoms with Crippen LogP contribution < -0.4 is 5.32 Å². The normalized spacial score (nSPS) is 15.2. The Balaban J connectivity index is 1.65. The van der Waals surface area contributed by atoms with E-state index in [1.54, 1.807) is 0 Å². The van der Waals surface area contributed by atoms with E-state index in [4.69, 9.17) is 0 Å². The second-order valence-corrected chi connectivity index (χ2v) is 6.50. The first kappa shape index (κ1) is 15.8. The van der Waals surface area contributed by atoms with Crippen LogP contribution in [0, 0.1) is 0 Å². The van der Waals surface area contributed by atoms with E-state index < -0.39 is 0 Å². The molecule has 1 saturated carbocycles. The zero-order valence-electron chi connectivity index (χ0n) is 13.9. The molecule has 0 bridgehead atoms. The Kier molecular flexibility index (Phi) is 4.24. The highest BCUT2D eigenvalue weighted by molar-refractivity contribution is 5.99. The van der Waals surface area contributed by atoms with Gasteiger partial charge in [0.25, 0.3) is 5.91 Å². The molecule has 5 heteroatoms. The molecule has 1 atom stereocenters. The molecule has 2 N–H and O–H groups in total. The molecule has 1 unspecified atom stereocenters. The number of rotatable bonds is 6. The van der Waals surface area contributed by atoms with E-state index in [0.29, 0.717) is 18.0 Å². The lowest BCUT2D eigenvalue weighted by Gasteiger charge is -2.17. The predicted molar refractivity (Wildman–Crippen MR) is 95.5 cm³/mol. The van der Waals surface area contributed by atoms with Crippen LogP contribution in [0.15, 0.2) is 54.7 Å². The maximum absolute atomic E-state index is 12.9. The van der Waals surface area contributed by atoms with Crippen LogP contribution in [0.2, 0.25) is 0 Å². The van der Waals surface area contributed by atoms with Crippen molar-refractivity contribution in [2.45, 2.75) is 31.2 Å². The molecular formula is C20H21N3O2. The number of nitrogens with zero attached hydrogens (tertiary/aromatic N) is 2. The number of fused-ring (bicyclic) bond motifs is 1. The Morgan fingerprint density at radius 2 is 1.96 bits per heavy atom. The Morgan fingerprint density at radius 1 is 1.20 bits per heavy atom. The number of nitrogens with one attached hydrogen (secondary N) is 1. The SMILES string of the molecule is O=C(NC(CCO)c1ccccc1)c1nc(C2CC2)n2ccccc12. The van der Waals surface area contributed by atoms with Gasteiger partial charge in [0.1, 0.15) is 5.82 Å². The van der Waals surface area contributed by atoms with Crippen molar-refractivity contribution in [1.29, 1.82) is 0 Å². The van der Waals surface area contributed by atoms with Crippen molar-refractivity contribution in [2.75, 3.05) is 6.61 Å². The van der Waals surface area contributed by atoms with Gasteiger partial charge in [0.05, 0.1) is 11.6 Å². The Labute approximate surface area is 146 Å². The Morgan fingerprint density at radius 3 is 2.68 bits per heavy atom. The minimum Gasteiger partial charge on any atom is -0.396 e. The quantitative estimate of drug-likeness (QED) is 0.727. The van der Waals surface area contributed by atoms with Crippen LogP contribution in [0.5, 0.6) is 0 Å². The highest BCUT2D eigenvalue weighted by Crippen LogP contribution is 2.40. The average molecular weight is 335 g/mol. The second kappa shape index (κ2) is 6.69. The minimum atomic E-state index is -0.233. The van der Waals surface area contributed by atoms with Crippen LogP contribution >= 0.6 is 0 Å². The molecule has 5 nitrogen and oxygen atoms in total. The molecule has 2 aromatic heterocycles. The van der Waals surface area contributed by atoms with Crippen LogP contribution in [-0.2, 0) is 0 Å². The summed E-state index contributed by atoms with van der Waals surface area (Å²) in [5, 5.41) is 12.4. The molecule has 1 fully saturated rings. The van der Waals surface area contributed by atoms with Crippen molar-refractivity contribution in [3.63, 3.8) is 0 Å². The van der Waals surface area contributed by atoms with E-state index in [-0.39, 0.29) is 18.6 Å². The standard InChI is InChI=1S/C20H21N3O2/c24-13-11-16(14-6-2-1-3-7-14)21-20(25)18-17-8-4-5-12-23(17)19(22-18)15-9-10-15/h1-8,12,15-16,24H,9-11,13H2,(H,21,25). The number of aliphatic hydroxyl groups excluding tert-OH is 1. The van der Waals surface area contributed by atoms with E-state index in [1.807, 2.05) is 59.1 Å². The molecule has 0 aliphatic heterocycles. The maximum atomic E-state index is 12.9. The third-order valence-corrected chi connectivity index (χ3v) is 4.66. The molecule has 1 aliphatic carbocycles. The summed E-state index contributed by atoms with van der Waals surface area (Å²) in [7, 11) is 0. The number of imidazole rings is 1. The first-order chi connectivity index (χ1) is 12.3. The predicted octanol–water partition coefficient (Wildman–Crippen LogP) is 3.07. The molecule has 1 amide bonds. The summed E-state index contributed by atoms with van der Waals surface area (Å²) in [4.78, 5) is 17.6. The number of amides is 1. The molecule has 0 saturated heterocycles. The smallest absolute Gasteiger partial charge is 0.272 e. The van der Waals surface area contributed by atoms with Crippen LogP contribution in [0.1, 0.15) is 53.1 Å². The van der Waals surface area contributed by atoms with Gasteiger partial charge in [0, 0.05) is 18.7 Å². The zero-order valence-corrected chi connectivity index (χ0v) is 13.9. The highest BCUT2D eigenvalue weighted by atomic mass is 16.3. The zero-order chi connectivity index (χ0) is 17.2. The maximum Gasteiger partial charge on any atom is 0.272 e. The molecular weight excluding hydrogens is 314 g/mol. The van der Waals surface area contributed by atoms with E-state index in [1.165, 1.54) is 0 Å². The number of pyridine rings is 1. The van der Waals surface area contributed by atoms with Gasteiger partial charge in [-0.1, -0.05) is 36.4 Å². The van der Waals surface area contributed by atoms with Gasteiger partial charge >= 0.3 is 0 Å². The molecule has 1 aromatic carbocycles. The van der Waals surface area contributed by atoms with Gasteiger partial charge in [-0.05, 0) is 37.0 Å². The number of aliphatic hydroxyl groups is 1. The Hall–Kier alpha value is -2.66. The van der Waals surface area contributed by atoms with Crippen LogP contribution in [0.3, 0.4) is 0 Å². The molecule has 4 rings (SSSR count). The number of hydrogen-bond donors (Lipinski definition) is 2. The van der Waals surface area contributed by atoms with E-state index in [9.17, 15) is 9.90 Å². The molecule has 2 heterocycles. The number of hydrogen-bond acceptors (Lipinski definition) is 3. The largest absolute Gasteiger partial charge is 0.396 e. The van der Waals surface area contributed by atoms with E-state index in [0.717, 1.165) is 29.7 Å². The van der Waals surface area contributed by atoms with E-state index >= 15 is 0 Å². The topological polar surface area (TPSA) is 66.6 Å². The lowest BCUT2D eigenvalue weighted by molar-refractivity contribution is 0.0927. The Bertz CT molecular complexity index is 884. The summed E-state index contributed by atoms with van der Waals surface area (Å²) in [6.45, 7) is 0.0110. The fraction of sp³-hybridized carbons (Fsp3) is 0.300. The molecule has 25 heavy (non-hydrogen) atoms. The molecule has 3 aromatic rings. The first-order valence-electron chi connectivity index (χ1n) is 8.71. The fourth-order valence-electron chi connectivity index (χ4n) is 3.22. The first-order valence-corrected chi connectivity index (χ1v) is 8.71. The van der Waals surface area contributed by atoms with Gasteiger partial charge in [0.2, 0.25) is 0 Å². The van der Waals surface area contributed by atoms with Crippen LogP contribution in [0.25, 0.3) is 5.52 Å². The van der Waals surface area contributed by atoms with Crippen molar-refractivity contribution >= 4 is 11.4 Å². The molecule has 0 radical (unpaired) electrons. The summed E-state index contributed by atoms with van der Waals surface area (Å²) >= 11 is 0. The van der Waals surface area contributed by atoms with Crippen molar-refractivity contribution in [2.24, 2.45) is 0 Å². The summed E-state index contributed by atoms with van der Waals surface area (Å²) in [5.74, 6) is 1.23. The third kappa shape index (κ3) is 3.15. The van der Waals surface area contributed by atoms with Crippen molar-refractivity contribution in [3.8, 4) is 0 Å². The molecule has 1 aliphatic rings. The van der Waals surface area contributed by atoms with Gasteiger partial charge in [-0.3, -0.25) is 4.79 Å². The van der Waals surface area contributed by atoms with Gasteiger partial charge in [-0.25, -0.2) is 4.98 Å². The van der Waals surface area contributed by atoms with Crippen molar-refractivity contribution in [3.05, 3.63) is 71.8 Å². The monoisotopic (exact) mass is 335 g/mol. The molecule has 128 valence electrons. The van der Waals surface area contributed by atoms with Crippen molar-refractivity contribution < 1.29 is 9.90 Å². The van der Waals surface area contributed by atoms with Gasteiger partial charge < -0.3 is 14.8 Å². The summed E-state index contributed by atoms with van der Waals surface area (Å²) < 4.78 is 2.02. The summed E-state index contributed by atoms with van der Waals surface area (Å²) in [5.41, 5.74) is 2.27. The van der Waals surface area contributed by atoms with Crippen molar-refractivity contribution in [1.82, 2.24) is 14.7 Å². The van der Waals surface area contributed by atoms with Crippen LogP contribution in [-0.4, -0.2) is 27.0 Å². The van der Waals surface area contributed by atoms with Gasteiger partial charge in [0.15, 0.2) is 5.69 Å². The van der Waals surface area contributed by atoms with Gasteiger partial charge in [-0.15, -0.1) is 0 Å². The average Bonchev–Trinajstić information content (AvgIpc) is 3.42. The van der Waals surface area contributed by atoms with Crippen LogP contribution in [0.4, 0.5) is 0 Å². The third-order valence-electron chi connectivity index (χ3n) is 4.66. The number of carbonyl (C=O) groups is 1. The number of aromatic nitrogens is 2. The van der Waals surface area contributed by atoms with Gasteiger partial charge in [-0.2, -0.15) is 0 Å². The summed E-state index contributed by atoms with van der Waals surface area (Å²) in [6.07, 6.45) is 4.70. The lowest BCUT2D eigenvalue weighted by atomic mass is 10.0. The minimum absolute atomic E-state index is 0.0110. The number of carbonyl (C=O) groups excluding carboxylic acids is 1.